The largest absolute Gasteiger partial charge is 0.472 e. The molecule has 31 heavy (non-hydrogen) atoms. The molecule has 2 heterocycles. The van der Waals surface area contributed by atoms with Crippen molar-refractivity contribution >= 4 is 40.8 Å². The van der Waals surface area contributed by atoms with Crippen LogP contribution in [0.15, 0.2) is 42.6 Å². The highest BCUT2D eigenvalue weighted by atomic mass is 35.5. The zero-order chi connectivity index (χ0) is 22.4. The number of benzene rings is 1. The number of aromatic nitrogens is 1. The molecule has 1 aromatic heterocycles. The van der Waals surface area contributed by atoms with Crippen molar-refractivity contribution in [2.24, 2.45) is 5.92 Å². The van der Waals surface area contributed by atoms with Gasteiger partial charge >= 0.3 is 18.2 Å². The fourth-order valence-corrected chi connectivity index (χ4v) is 3.24. The van der Waals surface area contributed by atoms with Crippen LogP contribution in [0.25, 0.3) is 0 Å². The number of carbonyl (C=O) groups excluding carboxylic acids is 2. The summed E-state index contributed by atoms with van der Waals surface area (Å²) < 4.78 is 45.2. The van der Waals surface area contributed by atoms with Crippen LogP contribution in [0.1, 0.15) is 12.8 Å². The van der Waals surface area contributed by atoms with E-state index in [4.69, 9.17) is 16.3 Å². The first kappa shape index (κ1) is 22.8. The number of nitrogens with one attached hydrogen (secondary N) is 2. The average molecular weight is 457 g/mol. The lowest BCUT2D eigenvalue weighted by Gasteiger charge is -2.25. The van der Waals surface area contributed by atoms with Gasteiger partial charge in [-0.2, -0.15) is 13.2 Å². The third-order valence-electron chi connectivity index (χ3n) is 4.68. The Balaban J connectivity index is 1.84. The van der Waals surface area contributed by atoms with Gasteiger partial charge in [0, 0.05) is 6.20 Å². The number of pyridine rings is 1. The molecule has 7 nitrogen and oxygen atoms in total. The lowest BCUT2D eigenvalue weighted by molar-refractivity contribution is -0.169. The molecule has 0 radical (unpaired) electrons. The highest BCUT2D eigenvalue weighted by molar-refractivity contribution is 6.30. The average Bonchev–Trinajstić information content (AvgIpc) is 2.75. The van der Waals surface area contributed by atoms with Crippen LogP contribution in [0.4, 0.5) is 35.2 Å². The van der Waals surface area contributed by atoms with Crippen molar-refractivity contribution in [3.63, 3.8) is 0 Å². The molecule has 2 N–H and O–H groups in total. The van der Waals surface area contributed by atoms with E-state index in [0.29, 0.717) is 4.90 Å². The third kappa shape index (κ3) is 6.08. The van der Waals surface area contributed by atoms with Crippen LogP contribution < -0.4 is 15.5 Å². The van der Waals surface area contributed by atoms with E-state index in [2.05, 4.69) is 15.6 Å². The van der Waals surface area contributed by atoms with Gasteiger partial charge in [0.05, 0.1) is 23.0 Å². The number of amides is 2. The molecule has 11 heteroatoms. The molecule has 0 unspecified atom stereocenters. The van der Waals surface area contributed by atoms with Gasteiger partial charge in [0.2, 0.25) is 0 Å². The van der Waals surface area contributed by atoms with E-state index >= 15 is 0 Å². The summed E-state index contributed by atoms with van der Waals surface area (Å²) in [7, 11) is 0. The standard InChI is InChI=1S/C20H20ClF3N4O3/c21-14-5-6-17(26-11-14)28(18(29)20(22,23)24)16-4-2-1-3-15(16)27-19(30)31-12-13-7-9-25-10-8-13/h1-6,11,13,25H,7-10,12H2,(H,27,30). The van der Waals surface area contributed by atoms with Crippen molar-refractivity contribution in [1.29, 1.82) is 0 Å². The minimum atomic E-state index is -5.18. The molecule has 0 bridgehead atoms. The Bertz CT molecular complexity index is 919. The van der Waals surface area contributed by atoms with Crippen molar-refractivity contribution in [2.45, 2.75) is 19.0 Å². The molecule has 0 aliphatic carbocycles. The highest BCUT2D eigenvalue weighted by Gasteiger charge is 2.44. The zero-order valence-electron chi connectivity index (χ0n) is 16.3. The molecule has 2 aromatic rings. The molecular formula is C20H20ClF3N4O3. The fraction of sp³-hybridized carbons (Fsp3) is 0.350. The summed E-state index contributed by atoms with van der Waals surface area (Å²) in [6.07, 6.45) is -3.16. The van der Waals surface area contributed by atoms with Crippen LogP contribution in [0.3, 0.4) is 0 Å². The van der Waals surface area contributed by atoms with Crippen LogP contribution in [0.5, 0.6) is 0 Å². The van der Waals surface area contributed by atoms with Gasteiger partial charge in [-0.3, -0.25) is 15.0 Å². The van der Waals surface area contributed by atoms with Gasteiger partial charge in [-0.05, 0) is 56.1 Å². The maximum Gasteiger partial charge on any atom is 0.472 e. The number of ether oxygens (including phenoxy) is 1. The summed E-state index contributed by atoms with van der Waals surface area (Å²) in [6, 6.07) is 8.07. The summed E-state index contributed by atoms with van der Waals surface area (Å²) in [5.74, 6) is -2.26. The van der Waals surface area contributed by atoms with Crippen molar-refractivity contribution in [3.05, 3.63) is 47.6 Å². The second-order valence-electron chi connectivity index (χ2n) is 6.91. The monoisotopic (exact) mass is 456 g/mol. The second kappa shape index (κ2) is 9.97. The number of carbonyl (C=O) groups is 2. The second-order valence-corrected chi connectivity index (χ2v) is 7.34. The number of alkyl halides is 3. The number of rotatable bonds is 5. The lowest BCUT2D eigenvalue weighted by Crippen LogP contribution is -2.39. The van der Waals surface area contributed by atoms with Crippen LogP contribution in [-0.4, -0.2) is 42.9 Å². The van der Waals surface area contributed by atoms with E-state index in [1.54, 1.807) is 0 Å². The van der Waals surface area contributed by atoms with Gasteiger partial charge in [-0.25, -0.2) is 9.78 Å². The Morgan fingerprint density at radius 1 is 1.19 bits per heavy atom. The number of hydrogen-bond donors (Lipinski definition) is 2. The minimum absolute atomic E-state index is 0.0350. The number of anilines is 3. The van der Waals surface area contributed by atoms with Crippen LogP contribution in [0.2, 0.25) is 5.02 Å². The molecule has 2 amide bonds. The predicted molar refractivity (Wildman–Crippen MR) is 109 cm³/mol. The van der Waals surface area contributed by atoms with Crippen LogP contribution in [-0.2, 0) is 9.53 Å². The van der Waals surface area contributed by atoms with Gasteiger partial charge in [-0.1, -0.05) is 23.7 Å². The molecule has 1 aromatic carbocycles. The molecule has 0 saturated carbocycles. The number of nitrogens with zero attached hydrogens (tertiary/aromatic N) is 2. The zero-order valence-corrected chi connectivity index (χ0v) is 17.0. The predicted octanol–water partition coefficient (Wildman–Crippen LogP) is 4.51. The van der Waals surface area contributed by atoms with E-state index in [1.165, 1.54) is 36.4 Å². The van der Waals surface area contributed by atoms with Gasteiger partial charge in [-0.15, -0.1) is 0 Å². The Morgan fingerprint density at radius 3 is 2.55 bits per heavy atom. The van der Waals surface area contributed by atoms with E-state index in [1.807, 2.05) is 0 Å². The third-order valence-corrected chi connectivity index (χ3v) is 4.90. The number of piperidine rings is 1. The summed E-state index contributed by atoms with van der Waals surface area (Å²) in [6.45, 7) is 1.86. The summed E-state index contributed by atoms with van der Waals surface area (Å²) in [5, 5.41) is 5.82. The molecule has 1 aliphatic heterocycles. The van der Waals surface area contributed by atoms with Crippen LogP contribution in [0, 0.1) is 5.92 Å². The molecule has 1 aliphatic rings. The Kier molecular flexibility index (Phi) is 7.34. The lowest BCUT2D eigenvalue weighted by atomic mass is 9.99. The topological polar surface area (TPSA) is 83.6 Å². The first-order chi connectivity index (χ1) is 14.8. The molecule has 1 fully saturated rings. The Hall–Kier alpha value is -2.85. The minimum Gasteiger partial charge on any atom is -0.449 e. The summed E-state index contributed by atoms with van der Waals surface area (Å²) >= 11 is 5.77. The molecule has 3 rings (SSSR count). The van der Waals surface area contributed by atoms with E-state index in [9.17, 15) is 22.8 Å². The van der Waals surface area contributed by atoms with E-state index in [-0.39, 0.29) is 34.7 Å². The quantitative estimate of drug-likeness (QED) is 0.691. The van der Waals surface area contributed by atoms with Crippen molar-refractivity contribution < 1.29 is 27.5 Å². The number of halogens is 4. The van der Waals surface area contributed by atoms with Crippen molar-refractivity contribution in [3.8, 4) is 0 Å². The smallest absolute Gasteiger partial charge is 0.449 e. The SMILES string of the molecule is O=C(Nc1ccccc1N(C(=O)C(F)(F)F)c1ccc(Cl)cn1)OCC1CCNCC1. The van der Waals surface area contributed by atoms with Gasteiger partial charge < -0.3 is 10.1 Å². The molecule has 0 spiro atoms. The molecular weight excluding hydrogens is 437 g/mol. The summed E-state index contributed by atoms with van der Waals surface area (Å²) in [5.41, 5.74) is -0.245. The van der Waals surface area contributed by atoms with Crippen LogP contribution >= 0.6 is 11.6 Å². The van der Waals surface area contributed by atoms with Crippen molar-refractivity contribution in [2.75, 3.05) is 29.9 Å². The summed E-state index contributed by atoms with van der Waals surface area (Å²) in [4.78, 5) is 28.7. The van der Waals surface area contributed by atoms with Crippen molar-refractivity contribution in [1.82, 2.24) is 10.3 Å². The number of para-hydroxylation sites is 2. The van der Waals surface area contributed by atoms with E-state index in [0.717, 1.165) is 32.1 Å². The fourth-order valence-electron chi connectivity index (χ4n) is 3.13. The Morgan fingerprint density at radius 2 is 1.90 bits per heavy atom. The molecule has 166 valence electrons. The van der Waals surface area contributed by atoms with Gasteiger partial charge in [0.25, 0.3) is 0 Å². The maximum atomic E-state index is 13.3. The van der Waals surface area contributed by atoms with Gasteiger partial charge in [0.15, 0.2) is 0 Å². The first-order valence-electron chi connectivity index (χ1n) is 9.52. The maximum absolute atomic E-state index is 13.3. The first-order valence-corrected chi connectivity index (χ1v) is 9.90. The van der Waals surface area contributed by atoms with Gasteiger partial charge in [0.1, 0.15) is 5.82 Å². The van der Waals surface area contributed by atoms with E-state index < -0.39 is 18.2 Å². The molecule has 0 atom stereocenters. The Labute approximate surface area is 181 Å². The molecule has 1 saturated heterocycles. The number of hydrogen-bond acceptors (Lipinski definition) is 5. The highest BCUT2D eigenvalue weighted by Crippen LogP contribution is 2.35. The normalized spacial score (nSPS) is 14.7.